The maximum Gasteiger partial charge on any atom is 0.413 e. The minimum absolute atomic E-state index is 0.183. The van der Waals surface area contributed by atoms with Gasteiger partial charge in [-0.2, -0.15) is 0 Å². The Labute approximate surface area is 187 Å². The van der Waals surface area contributed by atoms with Crippen LogP contribution in [0.15, 0.2) is 34.9 Å². The van der Waals surface area contributed by atoms with Gasteiger partial charge in [0.05, 0.1) is 0 Å². The minimum atomic E-state index is -1.78. The Balaban J connectivity index is 2.11. The molecule has 1 amide bonds. The van der Waals surface area contributed by atoms with Crippen LogP contribution in [0.25, 0.3) is 0 Å². The van der Waals surface area contributed by atoms with Crippen molar-refractivity contribution in [3.05, 3.63) is 47.2 Å². The van der Waals surface area contributed by atoms with Crippen molar-refractivity contribution in [2.45, 2.75) is 84.5 Å². The number of nitrogens with zero attached hydrogens (tertiary/aromatic N) is 1. The van der Waals surface area contributed by atoms with Gasteiger partial charge >= 0.3 is 6.09 Å². The molecule has 0 bridgehead atoms. The predicted octanol–water partition coefficient (Wildman–Crippen LogP) is 6.57. The Hall–Kier alpha value is -2.12. The van der Waals surface area contributed by atoms with Crippen molar-refractivity contribution in [2.75, 3.05) is 11.9 Å². The van der Waals surface area contributed by atoms with Crippen LogP contribution in [0.3, 0.4) is 0 Å². The molecule has 1 heterocycles. The standard InChI is InChI=1S/C24H38N2O4Si/c1-23(2,3)29-22(27)25-21-19(17-18-13-10-9-11-14-18)20(30-26-21)15-12-16-28-31(7,8)24(4,5)6/h9-11,13-14H,12,15-17H2,1-8H3,(H,25,26,27). The monoisotopic (exact) mass is 446 g/mol. The quantitative estimate of drug-likeness (QED) is 0.367. The summed E-state index contributed by atoms with van der Waals surface area (Å²) >= 11 is 0. The Morgan fingerprint density at radius 2 is 1.74 bits per heavy atom. The number of carbonyl (C=O) groups excluding carboxylic acids is 1. The average Bonchev–Trinajstić information content (AvgIpc) is 2.98. The van der Waals surface area contributed by atoms with Crippen molar-refractivity contribution in [2.24, 2.45) is 0 Å². The summed E-state index contributed by atoms with van der Waals surface area (Å²) in [5.74, 6) is 1.19. The van der Waals surface area contributed by atoms with Crippen molar-refractivity contribution in [3.8, 4) is 0 Å². The zero-order valence-electron chi connectivity index (χ0n) is 20.3. The highest BCUT2D eigenvalue weighted by atomic mass is 28.4. The van der Waals surface area contributed by atoms with Crippen LogP contribution >= 0.6 is 0 Å². The molecule has 0 radical (unpaired) electrons. The van der Waals surface area contributed by atoms with E-state index < -0.39 is 20.0 Å². The first-order chi connectivity index (χ1) is 14.3. The predicted molar refractivity (Wildman–Crippen MR) is 127 cm³/mol. The van der Waals surface area contributed by atoms with Gasteiger partial charge in [0.1, 0.15) is 11.4 Å². The maximum absolute atomic E-state index is 12.3. The van der Waals surface area contributed by atoms with Crippen molar-refractivity contribution in [3.63, 3.8) is 0 Å². The number of ether oxygens (including phenoxy) is 1. The molecule has 0 aliphatic carbocycles. The van der Waals surface area contributed by atoms with E-state index in [-0.39, 0.29) is 5.04 Å². The van der Waals surface area contributed by atoms with Crippen LogP contribution in [0.5, 0.6) is 0 Å². The van der Waals surface area contributed by atoms with Gasteiger partial charge in [0.25, 0.3) is 0 Å². The third-order valence-electron chi connectivity index (χ3n) is 5.53. The molecule has 2 aromatic rings. The third-order valence-corrected chi connectivity index (χ3v) is 10.1. The number of nitrogens with one attached hydrogen (secondary N) is 1. The van der Waals surface area contributed by atoms with Gasteiger partial charge in [0.15, 0.2) is 14.1 Å². The lowest BCUT2D eigenvalue weighted by atomic mass is 10.0. The molecular formula is C24H38N2O4Si. The number of rotatable bonds is 8. The fraction of sp³-hybridized carbons (Fsp3) is 0.583. The number of benzene rings is 1. The molecule has 0 aliphatic rings. The zero-order chi connectivity index (χ0) is 23.3. The second-order valence-corrected chi connectivity index (χ2v) is 15.2. The van der Waals surface area contributed by atoms with E-state index in [1.807, 2.05) is 39.0 Å². The van der Waals surface area contributed by atoms with Crippen LogP contribution in [-0.2, 0) is 22.0 Å². The first-order valence-corrected chi connectivity index (χ1v) is 13.8. The summed E-state index contributed by atoms with van der Waals surface area (Å²) in [5, 5.41) is 7.06. The van der Waals surface area contributed by atoms with Crippen molar-refractivity contribution < 1.29 is 18.5 Å². The summed E-state index contributed by atoms with van der Waals surface area (Å²) in [6, 6.07) is 10.1. The van der Waals surface area contributed by atoms with E-state index in [2.05, 4.69) is 56.5 Å². The van der Waals surface area contributed by atoms with Crippen LogP contribution in [-0.4, -0.2) is 31.8 Å². The van der Waals surface area contributed by atoms with Gasteiger partial charge in [-0.15, -0.1) is 0 Å². The largest absolute Gasteiger partial charge is 0.444 e. The third kappa shape index (κ3) is 7.81. The van der Waals surface area contributed by atoms with Gasteiger partial charge in [0, 0.05) is 25.0 Å². The molecule has 1 aromatic carbocycles. The summed E-state index contributed by atoms with van der Waals surface area (Å²) in [5.41, 5.74) is 1.42. The van der Waals surface area contributed by atoms with Crippen LogP contribution in [0.1, 0.15) is 64.9 Å². The molecule has 172 valence electrons. The van der Waals surface area contributed by atoms with Gasteiger partial charge in [-0.1, -0.05) is 56.3 Å². The lowest BCUT2D eigenvalue weighted by molar-refractivity contribution is 0.0634. The van der Waals surface area contributed by atoms with Crippen molar-refractivity contribution in [1.82, 2.24) is 5.16 Å². The van der Waals surface area contributed by atoms with Crippen LogP contribution in [0.4, 0.5) is 10.6 Å². The Kier molecular flexibility index (Phi) is 8.11. The molecule has 31 heavy (non-hydrogen) atoms. The highest BCUT2D eigenvalue weighted by Gasteiger charge is 2.36. The number of aromatic nitrogens is 1. The summed E-state index contributed by atoms with van der Waals surface area (Å²) in [6.07, 6.45) is 1.60. The van der Waals surface area contributed by atoms with Gasteiger partial charge < -0.3 is 13.7 Å². The molecule has 0 fully saturated rings. The highest BCUT2D eigenvalue weighted by Crippen LogP contribution is 2.36. The summed E-state index contributed by atoms with van der Waals surface area (Å²) < 4.78 is 17.3. The van der Waals surface area contributed by atoms with E-state index in [1.165, 1.54) is 0 Å². The first kappa shape index (κ1) is 25.1. The molecule has 0 atom stereocenters. The molecule has 1 aromatic heterocycles. The molecule has 2 rings (SSSR count). The van der Waals surface area contributed by atoms with Crippen LogP contribution in [0, 0.1) is 0 Å². The topological polar surface area (TPSA) is 73.6 Å². The Morgan fingerprint density at radius 3 is 2.32 bits per heavy atom. The molecule has 0 aliphatic heterocycles. The molecule has 0 saturated heterocycles. The van der Waals surface area contributed by atoms with E-state index in [0.29, 0.717) is 25.3 Å². The molecule has 6 nitrogen and oxygen atoms in total. The molecule has 0 saturated carbocycles. The zero-order valence-corrected chi connectivity index (χ0v) is 21.3. The van der Waals surface area contributed by atoms with Crippen molar-refractivity contribution in [1.29, 1.82) is 0 Å². The Bertz CT molecular complexity index is 849. The van der Waals surface area contributed by atoms with E-state index in [9.17, 15) is 4.79 Å². The van der Waals surface area contributed by atoms with Gasteiger partial charge in [0.2, 0.25) is 0 Å². The van der Waals surface area contributed by atoms with Crippen LogP contribution < -0.4 is 5.32 Å². The van der Waals surface area contributed by atoms with Gasteiger partial charge in [-0.25, -0.2) is 4.79 Å². The smallest absolute Gasteiger partial charge is 0.413 e. The number of amides is 1. The fourth-order valence-corrected chi connectivity index (χ4v) is 3.88. The second-order valence-electron chi connectivity index (χ2n) is 10.4. The number of hydrogen-bond donors (Lipinski definition) is 1. The molecule has 1 N–H and O–H groups in total. The minimum Gasteiger partial charge on any atom is -0.444 e. The molecule has 0 spiro atoms. The lowest BCUT2D eigenvalue weighted by Crippen LogP contribution is -2.41. The Morgan fingerprint density at radius 1 is 1.10 bits per heavy atom. The SMILES string of the molecule is CC(C)(C)OC(=O)Nc1noc(CCCO[Si](C)(C)C(C)(C)C)c1Cc1ccccc1. The normalized spacial score (nSPS) is 12.6. The number of anilines is 1. The van der Waals surface area contributed by atoms with E-state index >= 15 is 0 Å². The average molecular weight is 447 g/mol. The molecule has 7 heteroatoms. The summed E-state index contributed by atoms with van der Waals surface area (Å²) in [6.45, 7) is 17.4. The van der Waals surface area contributed by atoms with Crippen LogP contribution in [0.2, 0.25) is 18.1 Å². The highest BCUT2D eigenvalue weighted by molar-refractivity contribution is 6.74. The molecule has 0 unspecified atom stereocenters. The van der Waals surface area contributed by atoms with Crippen molar-refractivity contribution >= 4 is 20.2 Å². The number of aryl methyl sites for hydroxylation is 1. The van der Waals surface area contributed by atoms with E-state index in [1.54, 1.807) is 0 Å². The lowest BCUT2D eigenvalue weighted by Gasteiger charge is -2.36. The van der Waals surface area contributed by atoms with E-state index in [0.717, 1.165) is 23.3 Å². The van der Waals surface area contributed by atoms with Gasteiger partial charge in [-0.05, 0) is 50.9 Å². The fourth-order valence-electron chi connectivity index (χ4n) is 2.80. The second kappa shape index (κ2) is 10.00. The van der Waals surface area contributed by atoms with Gasteiger partial charge in [-0.3, -0.25) is 5.32 Å². The maximum atomic E-state index is 12.3. The summed E-state index contributed by atoms with van der Waals surface area (Å²) in [4.78, 5) is 12.3. The summed E-state index contributed by atoms with van der Waals surface area (Å²) in [7, 11) is -1.78. The first-order valence-electron chi connectivity index (χ1n) is 10.9. The van der Waals surface area contributed by atoms with E-state index in [4.69, 9.17) is 13.7 Å². The number of hydrogen-bond acceptors (Lipinski definition) is 5. The molecular weight excluding hydrogens is 408 g/mol. The number of carbonyl (C=O) groups is 1.